The predicted molar refractivity (Wildman–Crippen MR) is 98.6 cm³/mol. The molecule has 1 heterocycles. The van der Waals surface area contributed by atoms with E-state index in [1.807, 2.05) is 61.0 Å². The smallest absolute Gasteiger partial charge is 0.225 e. The van der Waals surface area contributed by atoms with Crippen LogP contribution in [0.5, 0.6) is 0 Å². The molecular formula is C17H18BrN2O2P. The minimum atomic E-state index is -1.20. The summed E-state index contributed by atoms with van der Waals surface area (Å²) in [5.41, 5.74) is 2.91. The highest BCUT2D eigenvalue weighted by molar-refractivity contribution is 9.10. The highest BCUT2D eigenvalue weighted by atomic mass is 79.9. The Bertz CT molecular complexity index is 786. The lowest BCUT2D eigenvalue weighted by Crippen LogP contribution is -2.18. The molecule has 0 amide bonds. The van der Waals surface area contributed by atoms with Crippen molar-refractivity contribution < 1.29 is 9.05 Å². The molecule has 0 unspecified atom stereocenters. The van der Waals surface area contributed by atoms with E-state index in [9.17, 15) is 0 Å². The summed E-state index contributed by atoms with van der Waals surface area (Å²) >= 11 is 3.55. The van der Waals surface area contributed by atoms with Gasteiger partial charge in [-0.05, 0) is 44.2 Å². The fourth-order valence-electron chi connectivity index (χ4n) is 2.36. The zero-order valence-electron chi connectivity index (χ0n) is 13.1. The van der Waals surface area contributed by atoms with Crippen molar-refractivity contribution in [3.8, 4) is 5.69 Å². The third-order valence-corrected chi connectivity index (χ3v) is 5.53. The second-order valence-corrected chi connectivity index (χ2v) is 7.19. The number of fused-ring (bicyclic) bond motifs is 1. The van der Waals surface area contributed by atoms with E-state index in [0.29, 0.717) is 13.2 Å². The van der Waals surface area contributed by atoms with Gasteiger partial charge in [0.15, 0.2) is 0 Å². The van der Waals surface area contributed by atoms with E-state index in [0.717, 1.165) is 26.5 Å². The second-order valence-electron chi connectivity index (χ2n) is 4.83. The Labute approximate surface area is 145 Å². The zero-order valence-corrected chi connectivity index (χ0v) is 15.5. The Kier molecular flexibility index (Phi) is 5.44. The number of hydrogen-bond acceptors (Lipinski definition) is 3. The topological polar surface area (TPSA) is 36.3 Å². The van der Waals surface area contributed by atoms with Crippen molar-refractivity contribution in [2.45, 2.75) is 13.8 Å². The van der Waals surface area contributed by atoms with Gasteiger partial charge in [0.05, 0.1) is 24.4 Å². The molecule has 0 atom stereocenters. The van der Waals surface area contributed by atoms with Crippen molar-refractivity contribution >= 4 is 40.6 Å². The number of rotatable bonds is 6. The number of benzene rings is 2. The number of nitrogens with zero attached hydrogens (tertiary/aromatic N) is 2. The van der Waals surface area contributed by atoms with Gasteiger partial charge in [0.25, 0.3) is 0 Å². The lowest BCUT2D eigenvalue weighted by Gasteiger charge is -2.17. The molecule has 0 spiro atoms. The maximum Gasteiger partial charge on any atom is 0.225 e. The molecule has 23 heavy (non-hydrogen) atoms. The SMILES string of the molecule is CCOP(OCC)c1c2cc(Br)ccc2nn1-c1ccccc1. The molecule has 3 aromatic rings. The maximum absolute atomic E-state index is 5.90. The first-order valence-electron chi connectivity index (χ1n) is 7.54. The largest absolute Gasteiger partial charge is 0.330 e. The highest BCUT2D eigenvalue weighted by Gasteiger charge is 2.24. The van der Waals surface area contributed by atoms with Crippen LogP contribution in [0.3, 0.4) is 0 Å². The maximum atomic E-state index is 5.90. The molecule has 0 N–H and O–H groups in total. The van der Waals surface area contributed by atoms with Crippen LogP contribution in [0.25, 0.3) is 16.6 Å². The molecule has 6 heteroatoms. The van der Waals surface area contributed by atoms with Gasteiger partial charge in [-0.1, -0.05) is 34.1 Å². The van der Waals surface area contributed by atoms with Crippen LogP contribution >= 0.6 is 24.3 Å². The summed E-state index contributed by atoms with van der Waals surface area (Å²) in [6, 6.07) is 16.2. The summed E-state index contributed by atoms with van der Waals surface area (Å²) in [6.45, 7) is 5.16. The molecule has 0 aliphatic heterocycles. The van der Waals surface area contributed by atoms with E-state index < -0.39 is 8.38 Å². The van der Waals surface area contributed by atoms with E-state index in [2.05, 4.69) is 22.0 Å². The van der Waals surface area contributed by atoms with Crippen LogP contribution in [0.2, 0.25) is 0 Å². The quantitative estimate of drug-likeness (QED) is 0.565. The van der Waals surface area contributed by atoms with Gasteiger partial charge in [-0.25, -0.2) is 4.68 Å². The first-order valence-corrected chi connectivity index (χ1v) is 9.51. The molecule has 3 rings (SSSR count). The fraction of sp³-hybridized carbons (Fsp3) is 0.235. The molecule has 0 fully saturated rings. The Morgan fingerprint density at radius 3 is 2.39 bits per heavy atom. The van der Waals surface area contributed by atoms with Crippen LogP contribution in [-0.2, 0) is 9.05 Å². The van der Waals surface area contributed by atoms with Gasteiger partial charge in [0.1, 0.15) is 5.44 Å². The van der Waals surface area contributed by atoms with Crippen LogP contribution in [0, 0.1) is 0 Å². The second kappa shape index (κ2) is 7.54. The van der Waals surface area contributed by atoms with Crippen LogP contribution in [-0.4, -0.2) is 23.0 Å². The van der Waals surface area contributed by atoms with Crippen LogP contribution in [0.15, 0.2) is 53.0 Å². The monoisotopic (exact) mass is 392 g/mol. The molecule has 0 radical (unpaired) electrons. The Morgan fingerprint density at radius 2 is 1.74 bits per heavy atom. The predicted octanol–water partition coefficient (Wildman–Crippen LogP) is 4.80. The van der Waals surface area contributed by atoms with Crippen molar-refractivity contribution in [2.75, 3.05) is 13.2 Å². The van der Waals surface area contributed by atoms with Gasteiger partial charge in [-0.2, -0.15) is 5.10 Å². The summed E-state index contributed by atoms with van der Waals surface area (Å²) in [5.74, 6) is 0. The van der Waals surface area contributed by atoms with Gasteiger partial charge >= 0.3 is 0 Å². The van der Waals surface area contributed by atoms with Crippen molar-refractivity contribution in [1.82, 2.24) is 9.78 Å². The average molecular weight is 393 g/mol. The summed E-state index contributed by atoms with van der Waals surface area (Å²) in [4.78, 5) is 0. The lowest BCUT2D eigenvalue weighted by molar-refractivity contribution is 0.276. The zero-order chi connectivity index (χ0) is 16.2. The van der Waals surface area contributed by atoms with Gasteiger partial charge < -0.3 is 9.05 Å². The Balaban J connectivity index is 2.24. The molecule has 0 saturated carbocycles. The molecule has 0 aliphatic rings. The van der Waals surface area contributed by atoms with Gasteiger partial charge in [-0.15, -0.1) is 0 Å². The lowest BCUT2D eigenvalue weighted by atomic mass is 10.2. The normalized spacial score (nSPS) is 11.5. The van der Waals surface area contributed by atoms with Crippen molar-refractivity contribution in [3.63, 3.8) is 0 Å². The Hall–Kier alpha value is -1.26. The minimum absolute atomic E-state index is 0.598. The summed E-state index contributed by atoms with van der Waals surface area (Å²) in [5, 5.41) is 5.81. The number of halogens is 1. The highest BCUT2D eigenvalue weighted by Crippen LogP contribution is 2.40. The molecule has 0 bridgehead atoms. The van der Waals surface area contributed by atoms with Crippen molar-refractivity contribution in [3.05, 3.63) is 53.0 Å². The number of aromatic nitrogens is 2. The molecule has 120 valence electrons. The minimum Gasteiger partial charge on any atom is -0.330 e. The summed E-state index contributed by atoms with van der Waals surface area (Å²) < 4.78 is 14.8. The van der Waals surface area contributed by atoms with Crippen LogP contribution in [0.1, 0.15) is 13.8 Å². The van der Waals surface area contributed by atoms with E-state index >= 15 is 0 Å². The molecule has 2 aromatic carbocycles. The number of para-hydroxylation sites is 1. The third kappa shape index (κ3) is 3.48. The standard InChI is InChI=1S/C17H18BrN2O2P/c1-3-21-23(22-4-2)17-15-12-13(18)10-11-16(15)19-20(17)14-8-6-5-7-9-14/h5-12H,3-4H2,1-2H3. The van der Waals surface area contributed by atoms with E-state index in [4.69, 9.17) is 14.1 Å². The first kappa shape index (κ1) is 16.6. The molecule has 0 aliphatic carbocycles. The molecule has 1 aromatic heterocycles. The van der Waals surface area contributed by atoms with Gasteiger partial charge in [-0.3, -0.25) is 0 Å². The van der Waals surface area contributed by atoms with E-state index in [1.54, 1.807) is 0 Å². The molecular weight excluding hydrogens is 375 g/mol. The molecule has 0 saturated heterocycles. The van der Waals surface area contributed by atoms with Crippen LogP contribution < -0.4 is 5.44 Å². The van der Waals surface area contributed by atoms with E-state index in [-0.39, 0.29) is 0 Å². The van der Waals surface area contributed by atoms with Crippen LogP contribution in [0.4, 0.5) is 0 Å². The fourth-order valence-corrected chi connectivity index (χ4v) is 4.20. The summed E-state index contributed by atoms with van der Waals surface area (Å²) in [6.07, 6.45) is 0. The number of hydrogen-bond donors (Lipinski definition) is 0. The summed E-state index contributed by atoms with van der Waals surface area (Å²) in [7, 11) is -1.20. The van der Waals surface area contributed by atoms with E-state index in [1.165, 1.54) is 0 Å². The first-order chi connectivity index (χ1) is 11.2. The van der Waals surface area contributed by atoms with Gasteiger partial charge in [0, 0.05) is 9.86 Å². The van der Waals surface area contributed by atoms with Crippen molar-refractivity contribution in [1.29, 1.82) is 0 Å². The Morgan fingerprint density at radius 1 is 1.04 bits per heavy atom. The third-order valence-electron chi connectivity index (χ3n) is 3.27. The molecule has 4 nitrogen and oxygen atoms in total. The average Bonchev–Trinajstić information content (AvgIpc) is 2.94. The van der Waals surface area contributed by atoms with Crippen molar-refractivity contribution in [2.24, 2.45) is 0 Å². The van der Waals surface area contributed by atoms with Gasteiger partial charge in [0.2, 0.25) is 8.38 Å².